The van der Waals surface area contributed by atoms with E-state index in [2.05, 4.69) is 31.1 Å². The molecule has 1 aromatic heterocycles. The highest BCUT2D eigenvalue weighted by Crippen LogP contribution is 2.30. The molecule has 0 saturated carbocycles. The Balaban J connectivity index is 1.32. The topological polar surface area (TPSA) is 37.2 Å². The van der Waals surface area contributed by atoms with Crippen LogP contribution in [0.1, 0.15) is 55.8 Å². The lowest BCUT2D eigenvalue weighted by atomic mass is 9.95. The fourth-order valence-corrected chi connectivity index (χ4v) is 5.83. The van der Waals surface area contributed by atoms with E-state index in [0.717, 1.165) is 61.8 Å². The average Bonchev–Trinajstić information content (AvgIpc) is 3.02. The van der Waals surface area contributed by atoms with Crippen molar-refractivity contribution in [3.8, 4) is 0 Å². The number of hydrogen-bond donors (Lipinski definition) is 0. The Bertz CT molecular complexity index is 902. The van der Waals surface area contributed by atoms with Gasteiger partial charge >= 0.3 is 0 Å². The minimum absolute atomic E-state index is 0.340. The van der Waals surface area contributed by atoms with Crippen LogP contribution >= 0.6 is 11.8 Å². The molecule has 3 heterocycles. The summed E-state index contributed by atoms with van der Waals surface area (Å²) >= 11 is 1.79. The molecule has 0 aliphatic carbocycles. The van der Waals surface area contributed by atoms with E-state index in [1.54, 1.807) is 17.8 Å². The molecule has 0 unspecified atom stereocenters. The first-order valence-electron chi connectivity index (χ1n) is 12.2. The fourth-order valence-electron chi connectivity index (χ4n) is 4.88. The zero-order chi connectivity index (χ0) is 23.0. The second kappa shape index (κ2) is 12.1. The van der Waals surface area contributed by atoms with Crippen LogP contribution in [-0.4, -0.2) is 63.0 Å². The first kappa shape index (κ1) is 24.4. The Morgan fingerprint density at radius 2 is 1.76 bits per heavy atom. The number of nitrogens with zero attached hydrogens (tertiary/aromatic N) is 5. The number of rotatable bonds is 9. The summed E-state index contributed by atoms with van der Waals surface area (Å²) in [4.78, 5) is 4.81. The SMILES string of the molecule is C=CCn1c(SCCN2CCCCCC2)nnc1C1CCN(Cc2ccc(F)cc2F)CC1. The van der Waals surface area contributed by atoms with Crippen LogP contribution in [-0.2, 0) is 13.1 Å². The zero-order valence-corrected chi connectivity index (χ0v) is 20.2. The zero-order valence-electron chi connectivity index (χ0n) is 19.4. The van der Waals surface area contributed by atoms with Crippen LogP contribution in [0.15, 0.2) is 36.0 Å². The number of piperidine rings is 1. The van der Waals surface area contributed by atoms with Crippen molar-refractivity contribution in [2.75, 3.05) is 38.5 Å². The first-order chi connectivity index (χ1) is 16.1. The predicted octanol–water partition coefficient (Wildman–Crippen LogP) is 5.09. The summed E-state index contributed by atoms with van der Waals surface area (Å²) in [6, 6.07) is 3.84. The predicted molar refractivity (Wildman–Crippen MR) is 129 cm³/mol. The van der Waals surface area contributed by atoms with E-state index in [0.29, 0.717) is 18.0 Å². The molecule has 0 radical (unpaired) electrons. The number of halogens is 2. The van der Waals surface area contributed by atoms with Crippen LogP contribution in [0.2, 0.25) is 0 Å². The van der Waals surface area contributed by atoms with Crippen molar-refractivity contribution >= 4 is 11.8 Å². The molecule has 1 aromatic carbocycles. The maximum atomic E-state index is 14.0. The highest BCUT2D eigenvalue weighted by molar-refractivity contribution is 7.99. The molecule has 0 N–H and O–H groups in total. The van der Waals surface area contributed by atoms with E-state index in [1.807, 2.05) is 6.08 Å². The molecule has 8 heteroatoms. The van der Waals surface area contributed by atoms with Gasteiger partial charge in [0, 0.05) is 42.9 Å². The molecule has 0 atom stereocenters. The molecule has 0 spiro atoms. The van der Waals surface area contributed by atoms with E-state index in [1.165, 1.54) is 44.8 Å². The second-order valence-corrected chi connectivity index (χ2v) is 10.2. The van der Waals surface area contributed by atoms with E-state index in [4.69, 9.17) is 0 Å². The third-order valence-electron chi connectivity index (χ3n) is 6.76. The standard InChI is InChI=1S/C25H35F2N5S/c1-2-11-32-24(28-29-25(32)33-17-16-30-12-5-3-4-6-13-30)20-9-14-31(15-10-20)19-21-7-8-22(26)18-23(21)27/h2,7-8,18,20H,1,3-6,9-17,19H2. The van der Waals surface area contributed by atoms with Gasteiger partial charge in [-0.3, -0.25) is 4.90 Å². The van der Waals surface area contributed by atoms with Gasteiger partial charge in [0.25, 0.3) is 0 Å². The second-order valence-electron chi connectivity index (χ2n) is 9.13. The molecule has 5 nitrogen and oxygen atoms in total. The normalized spacial score (nSPS) is 19.0. The summed E-state index contributed by atoms with van der Waals surface area (Å²) in [5.74, 6) is 1.41. The maximum absolute atomic E-state index is 14.0. The van der Waals surface area contributed by atoms with Gasteiger partial charge in [-0.15, -0.1) is 16.8 Å². The highest BCUT2D eigenvalue weighted by atomic mass is 32.2. The third kappa shape index (κ3) is 6.64. The molecule has 180 valence electrons. The van der Waals surface area contributed by atoms with E-state index >= 15 is 0 Å². The minimum Gasteiger partial charge on any atom is -0.303 e. The summed E-state index contributed by atoms with van der Waals surface area (Å²) in [5, 5.41) is 10.1. The van der Waals surface area contributed by atoms with Crippen molar-refractivity contribution in [1.82, 2.24) is 24.6 Å². The highest BCUT2D eigenvalue weighted by Gasteiger charge is 2.26. The number of thioether (sulfide) groups is 1. The van der Waals surface area contributed by atoms with Gasteiger partial charge in [-0.2, -0.15) is 0 Å². The molecule has 2 aliphatic rings. The smallest absolute Gasteiger partial charge is 0.191 e. The number of benzene rings is 1. The monoisotopic (exact) mass is 475 g/mol. The average molecular weight is 476 g/mol. The third-order valence-corrected chi connectivity index (χ3v) is 7.70. The van der Waals surface area contributed by atoms with Gasteiger partial charge < -0.3 is 9.47 Å². The Morgan fingerprint density at radius 3 is 2.45 bits per heavy atom. The van der Waals surface area contributed by atoms with Gasteiger partial charge in [0.1, 0.15) is 17.5 Å². The van der Waals surface area contributed by atoms with Gasteiger partial charge in [0.15, 0.2) is 5.16 Å². The summed E-state index contributed by atoms with van der Waals surface area (Å²) in [6.07, 6.45) is 9.17. The lowest BCUT2D eigenvalue weighted by molar-refractivity contribution is 0.197. The van der Waals surface area contributed by atoms with Crippen LogP contribution in [0.4, 0.5) is 8.78 Å². The molecule has 2 aliphatic heterocycles. The lowest BCUT2D eigenvalue weighted by Crippen LogP contribution is -2.33. The number of hydrogen-bond acceptors (Lipinski definition) is 5. The Hall–Kier alpha value is -1.77. The van der Waals surface area contributed by atoms with Crippen molar-refractivity contribution in [2.24, 2.45) is 0 Å². The molecule has 2 fully saturated rings. The van der Waals surface area contributed by atoms with Gasteiger partial charge in [0.2, 0.25) is 0 Å². The molecule has 33 heavy (non-hydrogen) atoms. The summed E-state index contributed by atoms with van der Waals surface area (Å²) < 4.78 is 29.4. The molecule has 0 bridgehead atoms. The van der Waals surface area contributed by atoms with Crippen molar-refractivity contribution in [2.45, 2.75) is 62.7 Å². The summed E-state index contributed by atoms with van der Waals surface area (Å²) in [6.45, 7) is 10.4. The van der Waals surface area contributed by atoms with Gasteiger partial charge in [0.05, 0.1) is 0 Å². The van der Waals surface area contributed by atoms with Gasteiger partial charge in [-0.05, 0) is 57.9 Å². The Labute approximate surface area is 200 Å². The molecule has 2 saturated heterocycles. The Kier molecular flexibility index (Phi) is 8.92. The van der Waals surface area contributed by atoms with Crippen LogP contribution in [0.5, 0.6) is 0 Å². The van der Waals surface area contributed by atoms with Crippen molar-refractivity contribution in [1.29, 1.82) is 0 Å². The summed E-state index contributed by atoms with van der Waals surface area (Å²) in [5.41, 5.74) is 0.549. The Morgan fingerprint density at radius 1 is 1.00 bits per heavy atom. The van der Waals surface area contributed by atoms with E-state index < -0.39 is 11.6 Å². The largest absolute Gasteiger partial charge is 0.303 e. The van der Waals surface area contributed by atoms with Crippen LogP contribution in [0.3, 0.4) is 0 Å². The van der Waals surface area contributed by atoms with Gasteiger partial charge in [-0.1, -0.05) is 36.7 Å². The van der Waals surface area contributed by atoms with E-state index in [-0.39, 0.29) is 0 Å². The summed E-state index contributed by atoms with van der Waals surface area (Å²) in [7, 11) is 0. The molecular weight excluding hydrogens is 440 g/mol. The quantitative estimate of drug-likeness (QED) is 0.373. The van der Waals surface area contributed by atoms with Crippen LogP contribution < -0.4 is 0 Å². The molecule has 0 amide bonds. The van der Waals surface area contributed by atoms with Gasteiger partial charge in [-0.25, -0.2) is 8.78 Å². The van der Waals surface area contributed by atoms with Crippen molar-refractivity contribution in [3.63, 3.8) is 0 Å². The minimum atomic E-state index is -0.531. The number of allylic oxidation sites excluding steroid dienone is 1. The van der Waals surface area contributed by atoms with E-state index in [9.17, 15) is 8.78 Å². The maximum Gasteiger partial charge on any atom is 0.191 e. The van der Waals surface area contributed by atoms with Crippen molar-refractivity contribution < 1.29 is 8.78 Å². The molecule has 4 rings (SSSR count). The first-order valence-corrected chi connectivity index (χ1v) is 13.2. The number of aromatic nitrogens is 3. The van der Waals surface area contributed by atoms with Crippen LogP contribution in [0.25, 0.3) is 0 Å². The molecular formula is C25H35F2N5S. The molecule has 2 aromatic rings. The number of likely N-dealkylation sites (tertiary alicyclic amines) is 2. The van der Waals surface area contributed by atoms with Crippen LogP contribution in [0, 0.1) is 11.6 Å². The lowest BCUT2D eigenvalue weighted by Gasteiger charge is -2.31. The fraction of sp³-hybridized carbons (Fsp3) is 0.600. The van der Waals surface area contributed by atoms with Crippen molar-refractivity contribution in [3.05, 3.63) is 53.9 Å².